The van der Waals surface area contributed by atoms with Crippen molar-refractivity contribution in [2.45, 2.75) is 45.6 Å². The molecule has 0 radical (unpaired) electrons. The fourth-order valence-corrected chi connectivity index (χ4v) is 3.65. The van der Waals surface area contributed by atoms with Gasteiger partial charge in [0.2, 0.25) is 0 Å². The van der Waals surface area contributed by atoms with E-state index in [1.165, 1.54) is 19.3 Å². The summed E-state index contributed by atoms with van der Waals surface area (Å²) >= 11 is 0. The van der Waals surface area contributed by atoms with Crippen molar-refractivity contribution in [3.63, 3.8) is 0 Å². The molecule has 29 heavy (non-hydrogen) atoms. The lowest BCUT2D eigenvalue weighted by atomic mass is 10.1. The highest BCUT2D eigenvalue weighted by Gasteiger charge is 2.15. The van der Waals surface area contributed by atoms with Gasteiger partial charge >= 0.3 is 0 Å². The van der Waals surface area contributed by atoms with Gasteiger partial charge in [-0.3, -0.25) is 4.79 Å². The molecule has 2 aromatic carbocycles. The van der Waals surface area contributed by atoms with Crippen LogP contribution < -0.4 is 10.1 Å². The van der Waals surface area contributed by atoms with E-state index in [4.69, 9.17) is 4.74 Å². The molecule has 150 valence electrons. The molecule has 0 saturated carbocycles. The van der Waals surface area contributed by atoms with Crippen LogP contribution in [0.25, 0.3) is 11.4 Å². The third-order valence-corrected chi connectivity index (χ3v) is 5.19. The van der Waals surface area contributed by atoms with Gasteiger partial charge in [-0.2, -0.15) is 0 Å². The first-order valence-electron chi connectivity index (χ1n) is 10.3. The van der Waals surface area contributed by atoms with Gasteiger partial charge in [0.25, 0.3) is 5.91 Å². The molecule has 0 saturated heterocycles. The molecule has 2 heterocycles. The van der Waals surface area contributed by atoms with Crippen LogP contribution in [0.4, 0.5) is 5.69 Å². The number of nitrogens with one attached hydrogen (secondary N) is 1. The second-order valence-electron chi connectivity index (χ2n) is 7.24. The zero-order valence-corrected chi connectivity index (χ0v) is 16.7. The van der Waals surface area contributed by atoms with Gasteiger partial charge in [0.1, 0.15) is 11.6 Å². The predicted octanol–water partition coefficient (Wildman–Crippen LogP) is 4.71. The van der Waals surface area contributed by atoms with Gasteiger partial charge in [0, 0.05) is 29.8 Å². The molecule has 4 rings (SSSR count). The Hall–Kier alpha value is -3.15. The predicted molar refractivity (Wildman–Crippen MR) is 113 cm³/mol. The quantitative estimate of drug-likeness (QED) is 0.685. The fraction of sp³-hybridized carbons (Fsp3) is 0.348. The summed E-state index contributed by atoms with van der Waals surface area (Å²) in [6.07, 6.45) is 5.85. The van der Waals surface area contributed by atoms with E-state index >= 15 is 0 Å². The molecule has 0 atom stereocenters. The minimum Gasteiger partial charge on any atom is -0.494 e. The van der Waals surface area contributed by atoms with E-state index in [2.05, 4.69) is 20.1 Å². The summed E-state index contributed by atoms with van der Waals surface area (Å²) in [7, 11) is 0. The second kappa shape index (κ2) is 8.90. The SMILES string of the molecule is CCOc1ccc(C(=O)Nc2ccc(-c3nnc4n3CCCCCC4)cc2)cc1. The van der Waals surface area contributed by atoms with Gasteiger partial charge in [-0.15, -0.1) is 10.2 Å². The highest BCUT2D eigenvalue weighted by atomic mass is 16.5. The molecule has 0 aliphatic carbocycles. The smallest absolute Gasteiger partial charge is 0.255 e. The van der Waals surface area contributed by atoms with Crippen LogP contribution in [0, 0.1) is 0 Å². The van der Waals surface area contributed by atoms with E-state index in [9.17, 15) is 4.79 Å². The van der Waals surface area contributed by atoms with Crippen molar-refractivity contribution in [2.75, 3.05) is 11.9 Å². The van der Waals surface area contributed by atoms with Gasteiger partial charge in [-0.05, 0) is 68.3 Å². The van der Waals surface area contributed by atoms with Crippen LogP contribution in [0.2, 0.25) is 0 Å². The summed E-state index contributed by atoms with van der Waals surface area (Å²) in [5.41, 5.74) is 2.36. The van der Waals surface area contributed by atoms with Crippen molar-refractivity contribution < 1.29 is 9.53 Å². The van der Waals surface area contributed by atoms with Crippen molar-refractivity contribution in [2.24, 2.45) is 0 Å². The first-order chi connectivity index (χ1) is 14.2. The van der Waals surface area contributed by atoms with Crippen LogP contribution in [-0.2, 0) is 13.0 Å². The molecular formula is C23H26N4O2. The highest BCUT2D eigenvalue weighted by Crippen LogP contribution is 2.24. The van der Waals surface area contributed by atoms with E-state index in [1.807, 2.05) is 31.2 Å². The number of amides is 1. The van der Waals surface area contributed by atoms with E-state index in [0.717, 1.165) is 48.0 Å². The van der Waals surface area contributed by atoms with Gasteiger partial charge < -0.3 is 14.6 Å². The fourth-order valence-electron chi connectivity index (χ4n) is 3.65. The first kappa shape index (κ1) is 19.2. The molecule has 1 N–H and O–H groups in total. The van der Waals surface area contributed by atoms with E-state index in [-0.39, 0.29) is 5.91 Å². The largest absolute Gasteiger partial charge is 0.494 e. The maximum Gasteiger partial charge on any atom is 0.255 e. The molecule has 0 unspecified atom stereocenters. The number of aromatic nitrogens is 3. The Kier molecular flexibility index (Phi) is 5.89. The average Bonchev–Trinajstić information content (AvgIpc) is 3.10. The molecule has 1 amide bonds. The van der Waals surface area contributed by atoms with Crippen LogP contribution in [0.15, 0.2) is 48.5 Å². The summed E-state index contributed by atoms with van der Waals surface area (Å²) in [5, 5.41) is 11.8. The Balaban J connectivity index is 1.46. The second-order valence-corrected chi connectivity index (χ2v) is 7.24. The van der Waals surface area contributed by atoms with Crippen molar-refractivity contribution in [3.8, 4) is 17.1 Å². The van der Waals surface area contributed by atoms with Crippen molar-refractivity contribution in [3.05, 3.63) is 59.9 Å². The Morgan fingerprint density at radius 3 is 2.52 bits per heavy atom. The zero-order valence-electron chi connectivity index (χ0n) is 16.7. The third-order valence-electron chi connectivity index (χ3n) is 5.19. The van der Waals surface area contributed by atoms with Crippen LogP contribution in [0.5, 0.6) is 5.75 Å². The number of hydrogen-bond donors (Lipinski definition) is 1. The number of hydrogen-bond acceptors (Lipinski definition) is 4. The van der Waals surface area contributed by atoms with Crippen molar-refractivity contribution in [1.82, 2.24) is 14.8 Å². The number of ether oxygens (including phenoxy) is 1. The maximum atomic E-state index is 12.5. The number of aryl methyl sites for hydroxylation is 1. The lowest BCUT2D eigenvalue weighted by Gasteiger charge is -2.13. The Bertz CT molecular complexity index is 962. The molecule has 0 bridgehead atoms. The molecule has 1 aliphatic rings. The van der Waals surface area contributed by atoms with Gasteiger partial charge in [-0.1, -0.05) is 12.8 Å². The normalized spacial score (nSPS) is 13.8. The Labute approximate surface area is 170 Å². The lowest BCUT2D eigenvalue weighted by Crippen LogP contribution is -2.12. The summed E-state index contributed by atoms with van der Waals surface area (Å²) < 4.78 is 7.66. The van der Waals surface area contributed by atoms with Crippen LogP contribution in [0.1, 0.15) is 48.8 Å². The van der Waals surface area contributed by atoms with Gasteiger partial charge in [-0.25, -0.2) is 0 Å². The van der Waals surface area contributed by atoms with E-state index < -0.39 is 0 Å². The standard InChI is InChI=1S/C23H26N4O2/c1-2-29-20-14-10-18(11-15-20)23(28)24-19-12-8-17(9-13-19)22-26-25-21-7-5-3-4-6-16-27(21)22/h8-15H,2-7,16H2,1H3,(H,24,28). The number of anilines is 1. The van der Waals surface area contributed by atoms with Crippen molar-refractivity contribution >= 4 is 11.6 Å². The molecule has 0 spiro atoms. The molecule has 1 aliphatic heterocycles. The topological polar surface area (TPSA) is 69.0 Å². The highest BCUT2D eigenvalue weighted by molar-refractivity contribution is 6.04. The van der Waals surface area contributed by atoms with Crippen LogP contribution in [0.3, 0.4) is 0 Å². The van der Waals surface area contributed by atoms with E-state index in [0.29, 0.717) is 12.2 Å². The summed E-state index contributed by atoms with van der Waals surface area (Å²) in [6.45, 7) is 3.50. The van der Waals surface area contributed by atoms with Gasteiger partial charge in [0.15, 0.2) is 5.82 Å². The van der Waals surface area contributed by atoms with Crippen LogP contribution >= 0.6 is 0 Å². The molecule has 3 aromatic rings. The zero-order chi connectivity index (χ0) is 20.1. The average molecular weight is 390 g/mol. The van der Waals surface area contributed by atoms with Crippen LogP contribution in [-0.4, -0.2) is 27.3 Å². The number of benzene rings is 2. The third kappa shape index (κ3) is 4.47. The molecule has 6 nitrogen and oxygen atoms in total. The maximum absolute atomic E-state index is 12.5. The minimum absolute atomic E-state index is 0.145. The van der Waals surface area contributed by atoms with E-state index in [1.54, 1.807) is 24.3 Å². The molecule has 6 heteroatoms. The Morgan fingerprint density at radius 2 is 1.76 bits per heavy atom. The lowest BCUT2D eigenvalue weighted by molar-refractivity contribution is 0.102. The number of nitrogens with zero attached hydrogens (tertiary/aromatic N) is 3. The number of fused-ring (bicyclic) bond motifs is 1. The number of carbonyl (C=O) groups excluding carboxylic acids is 1. The number of rotatable bonds is 5. The summed E-state index contributed by atoms with van der Waals surface area (Å²) in [5.74, 6) is 2.60. The van der Waals surface area contributed by atoms with Crippen molar-refractivity contribution in [1.29, 1.82) is 0 Å². The molecule has 1 aromatic heterocycles. The molecular weight excluding hydrogens is 364 g/mol. The minimum atomic E-state index is -0.145. The Morgan fingerprint density at radius 1 is 1.00 bits per heavy atom. The number of carbonyl (C=O) groups is 1. The first-order valence-corrected chi connectivity index (χ1v) is 10.3. The summed E-state index contributed by atoms with van der Waals surface area (Å²) in [6, 6.07) is 14.9. The van der Waals surface area contributed by atoms with Gasteiger partial charge in [0.05, 0.1) is 6.61 Å². The monoisotopic (exact) mass is 390 g/mol. The molecule has 0 fully saturated rings. The summed E-state index contributed by atoms with van der Waals surface area (Å²) in [4.78, 5) is 12.5.